The van der Waals surface area contributed by atoms with Crippen LogP contribution in [0.5, 0.6) is 0 Å². The first-order valence-corrected chi connectivity index (χ1v) is 14.6. The Morgan fingerprint density at radius 2 is 0.524 bits per heavy atom. The van der Waals surface area contributed by atoms with Gasteiger partial charge in [0.15, 0.2) is 0 Å². The molecule has 0 heteroatoms. The molecule has 0 saturated carbocycles. The Hall–Kier alpha value is -5.46. The van der Waals surface area contributed by atoms with E-state index >= 15 is 0 Å². The van der Waals surface area contributed by atoms with Gasteiger partial charge in [-0.05, 0) is 111 Å². The lowest BCUT2D eigenvalue weighted by molar-refractivity contribution is 1.66. The van der Waals surface area contributed by atoms with Crippen molar-refractivity contribution in [1.29, 1.82) is 0 Å². The van der Waals surface area contributed by atoms with E-state index in [-0.39, 0.29) is 0 Å². The largest absolute Gasteiger partial charge is 0.0622 e. The second-order valence-corrected chi connectivity index (χ2v) is 11.3. The Morgan fingerprint density at radius 1 is 0.214 bits per heavy atom. The van der Waals surface area contributed by atoms with Crippen LogP contribution in [0.2, 0.25) is 0 Å². The van der Waals surface area contributed by atoms with E-state index < -0.39 is 0 Å². The molecule has 0 aliphatic heterocycles. The highest BCUT2D eigenvalue weighted by molar-refractivity contribution is 6.31. The summed E-state index contributed by atoms with van der Waals surface area (Å²) >= 11 is 0. The predicted octanol–water partition coefficient (Wildman–Crippen LogP) is 11.9. The maximum Gasteiger partial charge on any atom is -0.00259 e. The van der Waals surface area contributed by atoms with Crippen LogP contribution in [-0.4, -0.2) is 0 Å². The average Bonchev–Trinajstić information content (AvgIpc) is 3.06. The van der Waals surface area contributed by atoms with Crippen molar-refractivity contribution in [3.8, 4) is 22.3 Å². The van der Waals surface area contributed by atoms with E-state index in [1.807, 2.05) is 0 Å². The number of benzene rings is 9. The predicted molar refractivity (Wildman–Crippen MR) is 182 cm³/mol. The van der Waals surface area contributed by atoms with Crippen LogP contribution in [0.3, 0.4) is 0 Å². The minimum absolute atomic E-state index is 1.24. The van der Waals surface area contributed by atoms with E-state index in [0.29, 0.717) is 0 Å². The quantitative estimate of drug-likeness (QED) is 0.154. The van der Waals surface area contributed by atoms with E-state index in [0.717, 1.165) is 0 Å². The number of rotatable bonds is 2. The highest BCUT2D eigenvalue weighted by Crippen LogP contribution is 2.47. The van der Waals surface area contributed by atoms with Crippen molar-refractivity contribution in [3.63, 3.8) is 0 Å². The zero-order valence-electron chi connectivity index (χ0n) is 23.0. The summed E-state index contributed by atoms with van der Waals surface area (Å²) in [7, 11) is 0. The summed E-state index contributed by atoms with van der Waals surface area (Å²) in [6.45, 7) is 0. The summed E-state index contributed by atoms with van der Waals surface area (Å²) in [5, 5.41) is 15.5. The van der Waals surface area contributed by atoms with Gasteiger partial charge in [-0.3, -0.25) is 0 Å². The van der Waals surface area contributed by atoms with Crippen LogP contribution in [0.4, 0.5) is 0 Å². The van der Waals surface area contributed by atoms with Gasteiger partial charge in [0.1, 0.15) is 0 Å². The first kappa shape index (κ1) is 23.3. The standard InChI is InChI=1S/C42H26/c1-3-13-27(14-4-1)41-37-23-29-17-7-8-18-30(29)24-38(37)42(28-15-5-2-6-16-28)40-26-36-34-22-12-10-20-32(34)31-19-9-11-21-33(31)35(36)25-39(40)41/h1-26H. The van der Waals surface area contributed by atoms with Gasteiger partial charge in [-0.25, -0.2) is 0 Å². The van der Waals surface area contributed by atoms with Crippen molar-refractivity contribution in [2.45, 2.75) is 0 Å². The molecule has 194 valence electrons. The highest BCUT2D eigenvalue weighted by atomic mass is 14.2. The fraction of sp³-hybridized carbons (Fsp3) is 0. The minimum atomic E-state index is 1.24. The first-order valence-electron chi connectivity index (χ1n) is 14.6. The summed E-state index contributed by atoms with van der Waals surface area (Å²) in [5.41, 5.74) is 5.08. The van der Waals surface area contributed by atoms with Crippen molar-refractivity contribution in [2.75, 3.05) is 0 Å². The SMILES string of the molecule is c1ccc(-c2c3cc4ccccc4cc3c(-c3ccccc3)c3cc4c5ccccc5c5ccccc5c4cc23)cc1. The molecule has 0 heterocycles. The molecule has 0 aliphatic rings. The van der Waals surface area contributed by atoms with Crippen molar-refractivity contribution in [2.24, 2.45) is 0 Å². The molecule has 0 fully saturated rings. The second kappa shape index (κ2) is 9.03. The Balaban J connectivity index is 1.61. The van der Waals surface area contributed by atoms with Gasteiger partial charge in [0.05, 0.1) is 0 Å². The van der Waals surface area contributed by atoms with Crippen LogP contribution in [-0.2, 0) is 0 Å². The maximum atomic E-state index is 2.48. The Labute approximate surface area is 244 Å². The Kier molecular flexibility index (Phi) is 5.00. The number of fused-ring (bicyclic) bond motifs is 9. The van der Waals surface area contributed by atoms with E-state index in [2.05, 4.69) is 158 Å². The minimum Gasteiger partial charge on any atom is -0.0622 e. The van der Waals surface area contributed by atoms with Gasteiger partial charge < -0.3 is 0 Å². The molecule has 0 amide bonds. The smallest absolute Gasteiger partial charge is 0.00259 e. The van der Waals surface area contributed by atoms with Crippen LogP contribution in [0, 0.1) is 0 Å². The number of hydrogen-bond donors (Lipinski definition) is 0. The molecule has 0 radical (unpaired) electrons. The lowest BCUT2D eigenvalue weighted by Crippen LogP contribution is -1.93. The van der Waals surface area contributed by atoms with Crippen LogP contribution >= 0.6 is 0 Å². The molecule has 0 nitrogen and oxygen atoms in total. The van der Waals surface area contributed by atoms with E-state index in [1.54, 1.807) is 0 Å². The fourth-order valence-electron chi connectivity index (χ4n) is 7.14. The number of hydrogen-bond acceptors (Lipinski definition) is 0. The summed E-state index contributed by atoms with van der Waals surface area (Å²) in [5.74, 6) is 0. The molecule has 42 heavy (non-hydrogen) atoms. The lowest BCUT2D eigenvalue weighted by Gasteiger charge is -2.20. The van der Waals surface area contributed by atoms with E-state index in [1.165, 1.54) is 86.9 Å². The van der Waals surface area contributed by atoms with Crippen LogP contribution in [0.25, 0.3) is 86.9 Å². The molecule has 0 spiro atoms. The van der Waals surface area contributed by atoms with Crippen molar-refractivity contribution in [3.05, 3.63) is 158 Å². The molecule has 9 aromatic rings. The molecule has 0 atom stereocenters. The van der Waals surface area contributed by atoms with Crippen LogP contribution in [0.15, 0.2) is 158 Å². The van der Waals surface area contributed by atoms with E-state index in [4.69, 9.17) is 0 Å². The van der Waals surface area contributed by atoms with Gasteiger partial charge in [-0.1, -0.05) is 133 Å². The summed E-state index contributed by atoms with van der Waals surface area (Å²) in [6.07, 6.45) is 0. The van der Waals surface area contributed by atoms with Crippen LogP contribution in [0.1, 0.15) is 0 Å². The van der Waals surface area contributed by atoms with Crippen molar-refractivity contribution < 1.29 is 0 Å². The van der Waals surface area contributed by atoms with Gasteiger partial charge in [-0.2, -0.15) is 0 Å². The zero-order valence-corrected chi connectivity index (χ0v) is 23.0. The van der Waals surface area contributed by atoms with E-state index in [9.17, 15) is 0 Å². The van der Waals surface area contributed by atoms with Gasteiger partial charge in [-0.15, -0.1) is 0 Å². The monoisotopic (exact) mass is 530 g/mol. The Bertz CT molecular complexity index is 2310. The topological polar surface area (TPSA) is 0 Å². The molecular formula is C42H26. The molecule has 0 saturated heterocycles. The highest BCUT2D eigenvalue weighted by Gasteiger charge is 2.20. The third kappa shape index (κ3) is 3.36. The van der Waals surface area contributed by atoms with Gasteiger partial charge in [0.25, 0.3) is 0 Å². The molecule has 0 N–H and O–H groups in total. The summed E-state index contributed by atoms with van der Waals surface area (Å²) < 4.78 is 0. The third-order valence-corrected chi connectivity index (χ3v) is 8.97. The average molecular weight is 531 g/mol. The second-order valence-electron chi connectivity index (χ2n) is 11.3. The summed E-state index contributed by atoms with van der Waals surface area (Å²) in [6, 6.07) is 58.1. The molecule has 9 rings (SSSR count). The normalized spacial score (nSPS) is 11.8. The molecule has 0 bridgehead atoms. The van der Waals surface area contributed by atoms with Gasteiger partial charge >= 0.3 is 0 Å². The van der Waals surface area contributed by atoms with Crippen molar-refractivity contribution in [1.82, 2.24) is 0 Å². The van der Waals surface area contributed by atoms with Gasteiger partial charge in [0, 0.05) is 0 Å². The molecule has 0 aromatic heterocycles. The Morgan fingerprint density at radius 3 is 0.929 bits per heavy atom. The lowest BCUT2D eigenvalue weighted by atomic mass is 9.83. The molecule has 9 aromatic carbocycles. The third-order valence-electron chi connectivity index (χ3n) is 8.97. The fourth-order valence-corrected chi connectivity index (χ4v) is 7.14. The molecule has 0 unspecified atom stereocenters. The molecule has 0 aliphatic carbocycles. The summed E-state index contributed by atoms with van der Waals surface area (Å²) in [4.78, 5) is 0. The van der Waals surface area contributed by atoms with Gasteiger partial charge in [0.2, 0.25) is 0 Å². The van der Waals surface area contributed by atoms with Crippen molar-refractivity contribution >= 4 is 64.6 Å². The van der Waals surface area contributed by atoms with Crippen LogP contribution < -0.4 is 0 Å². The maximum absolute atomic E-state index is 2.48. The molecular weight excluding hydrogens is 504 g/mol. The first-order chi connectivity index (χ1) is 20.8. The zero-order chi connectivity index (χ0) is 27.6.